The Hall–Kier alpha value is -3.43. The van der Waals surface area contributed by atoms with Gasteiger partial charge >= 0.3 is 0 Å². The highest BCUT2D eigenvalue weighted by Gasteiger charge is 2.20. The molecule has 0 aliphatic rings. The molecule has 2 amide bonds. The molecule has 1 aromatic heterocycles. The number of thiazole rings is 1. The van der Waals surface area contributed by atoms with E-state index in [9.17, 15) is 9.59 Å². The van der Waals surface area contributed by atoms with E-state index in [1.54, 1.807) is 24.5 Å². The summed E-state index contributed by atoms with van der Waals surface area (Å²) in [4.78, 5) is 31.6. The molecule has 0 saturated heterocycles. The summed E-state index contributed by atoms with van der Waals surface area (Å²) in [6, 6.07) is 17.2. The molecule has 9 heteroatoms. The van der Waals surface area contributed by atoms with Crippen molar-refractivity contribution >= 4 is 34.0 Å². The number of benzene rings is 2. The number of nitrogens with zero attached hydrogens (tertiary/aromatic N) is 2. The van der Waals surface area contributed by atoms with Gasteiger partial charge in [-0.3, -0.25) is 9.59 Å². The van der Waals surface area contributed by atoms with Crippen LogP contribution in [0.25, 0.3) is 0 Å². The fourth-order valence-corrected chi connectivity index (χ4v) is 3.82. The molecular formula is C24H28N4O4S. The average molecular weight is 469 g/mol. The maximum atomic E-state index is 13.3. The van der Waals surface area contributed by atoms with Gasteiger partial charge in [0.05, 0.1) is 19.4 Å². The SMILES string of the molecule is COCCNC(=O)CCN(Cc1ccccc1)C(=O)c1csc(Nc2ccccc2OC)n1. The van der Waals surface area contributed by atoms with Gasteiger partial charge in [0.1, 0.15) is 11.4 Å². The number of para-hydroxylation sites is 2. The van der Waals surface area contributed by atoms with Crippen LogP contribution in [0.4, 0.5) is 10.8 Å². The minimum Gasteiger partial charge on any atom is -0.495 e. The molecule has 0 saturated carbocycles. The van der Waals surface area contributed by atoms with Gasteiger partial charge in [-0.25, -0.2) is 4.98 Å². The number of hydrogen-bond acceptors (Lipinski definition) is 7. The topological polar surface area (TPSA) is 92.8 Å². The lowest BCUT2D eigenvalue weighted by molar-refractivity contribution is -0.121. The third kappa shape index (κ3) is 7.30. The monoisotopic (exact) mass is 468 g/mol. The quantitative estimate of drug-likeness (QED) is 0.394. The van der Waals surface area contributed by atoms with E-state index in [2.05, 4.69) is 15.6 Å². The fourth-order valence-electron chi connectivity index (χ4n) is 3.13. The van der Waals surface area contributed by atoms with E-state index in [0.29, 0.717) is 36.3 Å². The van der Waals surface area contributed by atoms with Gasteiger partial charge in [0, 0.05) is 38.5 Å². The van der Waals surface area contributed by atoms with E-state index < -0.39 is 0 Å². The molecule has 0 radical (unpaired) electrons. The number of rotatable bonds is 12. The number of carbonyl (C=O) groups excluding carboxylic acids is 2. The van der Waals surface area contributed by atoms with Gasteiger partial charge in [-0.15, -0.1) is 11.3 Å². The molecule has 0 fully saturated rings. The Kier molecular flexibility index (Phi) is 9.22. The van der Waals surface area contributed by atoms with E-state index >= 15 is 0 Å². The van der Waals surface area contributed by atoms with Crippen molar-refractivity contribution in [2.75, 3.05) is 39.2 Å². The van der Waals surface area contributed by atoms with Crippen molar-refractivity contribution in [1.29, 1.82) is 0 Å². The number of hydrogen-bond donors (Lipinski definition) is 2. The Balaban J connectivity index is 1.70. The van der Waals surface area contributed by atoms with Crippen molar-refractivity contribution < 1.29 is 19.1 Å². The predicted molar refractivity (Wildman–Crippen MR) is 129 cm³/mol. The number of aromatic nitrogens is 1. The normalized spacial score (nSPS) is 10.5. The zero-order chi connectivity index (χ0) is 23.5. The highest BCUT2D eigenvalue weighted by atomic mass is 32.1. The summed E-state index contributed by atoms with van der Waals surface area (Å²) < 4.78 is 10.3. The van der Waals surface area contributed by atoms with Crippen LogP contribution >= 0.6 is 11.3 Å². The lowest BCUT2D eigenvalue weighted by atomic mass is 10.2. The lowest BCUT2D eigenvalue weighted by Crippen LogP contribution is -2.35. The van der Waals surface area contributed by atoms with Crippen LogP contribution in [-0.2, 0) is 16.1 Å². The van der Waals surface area contributed by atoms with Gasteiger partial charge in [0.2, 0.25) is 5.91 Å². The average Bonchev–Trinajstić information content (AvgIpc) is 3.31. The van der Waals surface area contributed by atoms with Gasteiger partial charge in [-0.1, -0.05) is 42.5 Å². The maximum Gasteiger partial charge on any atom is 0.273 e. The van der Waals surface area contributed by atoms with Crippen LogP contribution in [0.3, 0.4) is 0 Å². The third-order valence-corrected chi connectivity index (χ3v) is 5.57. The summed E-state index contributed by atoms with van der Waals surface area (Å²) >= 11 is 1.34. The molecule has 3 rings (SSSR count). The molecular weight excluding hydrogens is 440 g/mol. The minimum atomic E-state index is -0.229. The first-order chi connectivity index (χ1) is 16.1. The largest absolute Gasteiger partial charge is 0.495 e. The highest BCUT2D eigenvalue weighted by Crippen LogP contribution is 2.29. The second-order valence-corrected chi connectivity index (χ2v) is 8.03. The van der Waals surface area contributed by atoms with Gasteiger partial charge in [0.25, 0.3) is 5.91 Å². The van der Waals surface area contributed by atoms with Gasteiger partial charge in [0.15, 0.2) is 5.13 Å². The smallest absolute Gasteiger partial charge is 0.273 e. The number of amides is 2. The summed E-state index contributed by atoms with van der Waals surface area (Å²) in [6.07, 6.45) is 0.193. The summed E-state index contributed by atoms with van der Waals surface area (Å²) in [5.41, 5.74) is 2.07. The van der Waals surface area contributed by atoms with Crippen molar-refractivity contribution in [2.45, 2.75) is 13.0 Å². The van der Waals surface area contributed by atoms with E-state index in [0.717, 1.165) is 11.3 Å². The van der Waals surface area contributed by atoms with Crippen LogP contribution in [0.2, 0.25) is 0 Å². The van der Waals surface area contributed by atoms with Crippen molar-refractivity contribution in [1.82, 2.24) is 15.2 Å². The number of ether oxygens (including phenoxy) is 2. The Morgan fingerprint density at radius 3 is 2.58 bits per heavy atom. The van der Waals surface area contributed by atoms with Gasteiger partial charge < -0.3 is 25.0 Å². The van der Waals surface area contributed by atoms with Crippen LogP contribution in [0.1, 0.15) is 22.5 Å². The first kappa shape index (κ1) is 24.2. The standard InChI is InChI=1S/C24H28N4O4S/c1-31-15-13-25-22(29)12-14-28(16-18-8-4-3-5-9-18)23(30)20-17-33-24(27-20)26-19-10-6-7-11-21(19)32-2/h3-11,17H,12-16H2,1-2H3,(H,25,29)(H,26,27). The number of nitrogens with one attached hydrogen (secondary N) is 2. The summed E-state index contributed by atoms with van der Waals surface area (Å²) in [5.74, 6) is 0.327. The second-order valence-electron chi connectivity index (χ2n) is 7.17. The van der Waals surface area contributed by atoms with E-state index in [-0.39, 0.29) is 24.8 Å². The predicted octanol–water partition coefficient (Wildman–Crippen LogP) is 3.69. The molecule has 1 heterocycles. The van der Waals surface area contributed by atoms with Gasteiger partial charge in [-0.2, -0.15) is 0 Å². The number of anilines is 2. The third-order valence-electron chi connectivity index (χ3n) is 4.81. The molecule has 33 heavy (non-hydrogen) atoms. The Morgan fingerprint density at radius 2 is 1.82 bits per heavy atom. The Bertz CT molecular complexity index is 1040. The van der Waals surface area contributed by atoms with Crippen LogP contribution in [0, 0.1) is 0 Å². The Labute approximate surface area is 197 Å². The van der Waals surface area contributed by atoms with Crippen LogP contribution in [0.15, 0.2) is 60.0 Å². The first-order valence-corrected chi connectivity index (χ1v) is 11.4. The maximum absolute atomic E-state index is 13.3. The zero-order valence-corrected chi connectivity index (χ0v) is 19.6. The van der Waals surface area contributed by atoms with Crippen molar-refractivity contribution in [3.05, 3.63) is 71.2 Å². The lowest BCUT2D eigenvalue weighted by Gasteiger charge is -2.22. The van der Waals surface area contributed by atoms with Gasteiger partial charge in [-0.05, 0) is 17.7 Å². The molecule has 8 nitrogen and oxygen atoms in total. The van der Waals surface area contributed by atoms with E-state index in [1.165, 1.54) is 11.3 Å². The molecule has 2 aromatic carbocycles. The molecule has 3 aromatic rings. The van der Waals surface area contributed by atoms with Crippen molar-refractivity contribution in [3.63, 3.8) is 0 Å². The summed E-state index contributed by atoms with van der Waals surface area (Å²) in [6.45, 7) is 1.54. The van der Waals surface area contributed by atoms with Crippen LogP contribution in [0.5, 0.6) is 5.75 Å². The highest BCUT2D eigenvalue weighted by molar-refractivity contribution is 7.14. The van der Waals surface area contributed by atoms with E-state index in [4.69, 9.17) is 9.47 Å². The molecule has 0 spiro atoms. The number of methoxy groups -OCH3 is 2. The first-order valence-electron chi connectivity index (χ1n) is 10.5. The number of carbonyl (C=O) groups is 2. The Morgan fingerprint density at radius 1 is 1.06 bits per heavy atom. The zero-order valence-electron chi connectivity index (χ0n) is 18.7. The summed E-state index contributed by atoms with van der Waals surface area (Å²) in [7, 11) is 3.18. The molecule has 0 bridgehead atoms. The molecule has 2 N–H and O–H groups in total. The molecule has 0 aliphatic heterocycles. The van der Waals surface area contributed by atoms with Crippen LogP contribution < -0.4 is 15.4 Å². The fraction of sp³-hybridized carbons (Fsp3) is 0.292. The molecule has 0 unspecified atom stereocenters. The van der Waals surface area contributed by atoms with E-state index in [1.807, 2.05) is 54.6 Å². The minimum absolute atomic E-state index is 0.130. The summed E-state index contributed by atoms with van der Waals surface area (Å²) in [5, 5.41) is 8.29. The van der Waals surface area contributed by atoms with Crippen molar-refractivity contribution in [3.8, 4) is 5.75 Å². The second kappa shape index (κ2) is 12.6. The van der Waals surface area contributed by atoms with Crippen molar-refractivity contribution in [2.24, 2.45) is 0 Å². The van der Waals surface area contributed by atoms with Crippen LogP contribution in [-0.4, -0.2) is 55.6 Å². The molecule has 0 aliphatic carbocycles. The molecule has 174 valence electrons. The molecule has 0 atom stereocenters.